The van der Waals surface area contributed by atoms with E-state index in [1.165, 1.54) is 4.57 Å². The highest BCUT2D eigenvalue weighted by molar-refractivity contribution is 7.07. The van der Waals surface area contributed by atoms with Crippen LogP contribution < -0.4 is 20.5 Å². The summed E-state index contributed by atoms with van der Waals surface area (Å²) in [5.41, 5.74) is 5.53. The quantitative estimate of drug-likeness (QED) is 0.890. The lowest BCUT2D eigenvalue weighted by Crippen LogP contribution is -2.33. The molecule has 1 aromatic carbocycles. The zero-order chi connectivity index (χ0) is 16.3. The first-order chi connectivity index (χ1) is 10.5. The molecule has 0 bridgehead atoms. The Balaban J connectivity index is 2.79. The molecular weight excluding hydrogens is 322 g/mol. The topological polar surface area (TPSA) is 88.9 Å². The molecule has 0 aliphatic carbocycles. The fourth-order valence-corrected chi connectivity index (χ4v) is 3.21. The molecule has 0 saturated heterocycles. The van der Waals surface area contributed by atoms with E-state index in [0.717, 1.165) is 16.9 Å². The Morgan fingerprint density at radius 3 is 2.59 bits per heavy atom. The number of halogens is 1. The summed E-state index contributed by atoms with van der Waals surface area (Å²) in [6.07, 6.45) is 1.69. The van der Waals surface area contributed by atoms with Crippen LogP contribution >= 0.6 is 22.9 Å². The second-order valence-corrected chi connectivity index (χ2v) is 5.83. The molecule has 0 aliphatic heterocycles. The van der Waals surface area contributed by atoms with Crippen LogP contribution in [0.3, 0.4) is 0 Å². The molecule has 0 saturated carbocycles. The average Bonchev–Trinajstić information content (AvgIpc) is 2.78. The SMILES string of the molecule is CCn1c(=O)/c(=C/c2ccc(Cl)cc2)s/c1=C(\C#N)C(N)=O. The lowest BCUT2D eigenvalue weighted by Gasteiger charge is -1.95. The maximum absolute atomic E-state index is 12.4. The minimum Gasteiger partial charge on any atom is -0.365 e. The number of thiazole rings is 1. The van der Waals surface area contributed by atoms with Gasteiger partial charge in [0, 0.05) is 11.6 Å². The van der Waals surface area contributed by atoms with E-state index in [9.17, 15) is 9.59 Å². The summed E-state index contributed by atoms with van der Waals surface area (Å²) in [7, 11) is 0. The number of hydrogen-bond donors (Lipinski definition) is 1. The largest absolute Gasteiger partial charge is 0.365 e. The molecule has 1 aromatic heterocycles. The molecular formula is C15H12ClN3O2S. The predicted octanol–water partition coefficient (Wildman–Crippen LogP) is 0.571. The Bertz CT molecular complexity index is 933. The van der Waals surface area contributed by atoms with Gasteiger partial charge in [0.1, 0.15) is 10.7 Å². The zero-order valence-electron chi connectivity index (χ0n) is 11.7. The van der Waals surface area contributed by atoms with Crippen molar-refractivity contribution in [3.05, 3.63) is 54.4 Å². The second-order valence-electron chi connectivity index (χ2n) is 4.37. The number of amides is 1. The van der Waals surface area contributed by atoms with Gasteiger partial charge in [0.05, 0.1) is 4.53 Å². The van der Waals surface area contributed by atoms with Gasteiger partial charge in [-0.3, -0.25) is 14.2 Å². The minimum absolute atomic E-state index is 0.209. The summed E-state index contributed by atoms with van der Waals surface area (Å²) in [5.74, 6) is -0.844. The first-order valence-corrected chi connectivity index (χ1v) is 7.58. The maximum Gasteiger partial charge on any atom is 0.269 e. The molecule has 22 heavy (non-hydrogen) atoms. The number of nitrogens with two attached hydrogens (primary N) is 1. The number of nitriles is 1. The summed E-state index contributed by atoms with van der Waals surface area (Å²) in [5, 5.41) is 9.67. The fourth-order valence-electron chi connectivity index (χ4n) is 1.91. The Hall–Kier alpha value is -2.36. The van der Waals surface area contributed by atoms with Crippen molar-refractivity contribution in [2.75, 3.05) is 0 Å². The van der Waals surface area contributed by atoms with Crippen LogP contribution in [-0.4, -0.2) is 10.5 Å². The van der Waals surface area contributed by atoms with Crippen LogP contribution in [-0.2, 0) is 11.3 Å². The van der Waals surface area contributed by atoms with E-state index in [1.54, 1.807) is 43.3 Å². The molecule has 2 N–H and O–H groups in total. The van der Waals surface area contributed by atoms with Crippen molar-refractivity contribution in [3.63, 3.8) is 0 Å². The standard InChI is InChI=1S/C15H12ClN3O2S/c1-2-19-14(21)12(7-9-3-5-10(16)6-4-9)22-15(19)11(8-17)13(18)20/h3-7H,2H2,1H3,(H2,18,20)/b12-7-,15-11+. The first kappa shape index (κ1) is 16.0. The van der Waals surface area contributed by atoms with Gasteiger partial charge in [0.15, 0.2) is 5.57 Å². The van der Waals surface area contributed by atoms with E-state index in [2.05, 4.69) is 0 Å². The molecule has 0 aliphatic rings. The zero-order valence-corrected chi connectivity index (χ0v) is 13.2. The van der Waals surface area contributed by atoms with Crippen LogP contribution in [0.2, 0.25) is 5.02 Å². The Morgan fingerprint density at radius 2 is 2.09 bits per heavy atom. The van der Waals surface area contributed by atoms with Crippen LogP contribution in [0.15, 0.2) is 29.1 Å². The number of primary amides is 1. The molecule has 112 valence electrons. The third-order valence-corrected chi connectivity index (χ3v) is 4.35. The Morgan fingerprint density at radius 1 is 1.45 bits per heavy atom. The fraction of sp³-hybridized carbons (Fsp3) is 0.133. The van der Waals surface area contributed by atoms with Crippen molar-refractivity contribution in [2.45, 2.75) is 13.5 Å². The summed E-state index contributed by atoms with van der Waals surface area (Å²) in [6.45, 7) is 2.11. The van der Waals surface area contributed by atoms with Gasteiger partial charge in [-0.25, -0.2) is 0 Å². The molecule has 0 radical (unpaired) electrons. The highest BCUT2D eigenvalue weighted by atomic mass is 35.5. The number of nitrogens with zero attached hydrogens (tertiary/aromatic N) is 2. The molecule has 0 atom stereocenters. The molecule has 7 heteroatoms. The third-order valence-electron chi connectivity index (χ3n) is 2.96. The monoisotopic (exact) mass is 333 g/mol. The van der Waals surface area contributed by atoms with Crippen molar-refractivity contribution in [1.82, 2.24) is 4.57 Å². The molecule has 0 unspecified atom stereocenters. The second kappa shape index (κ2) is 6.60. The normalized spacial score (nSPS) is 12.9. The predicted molar refractivity (Wildman–Crippen MR) is 86.7 cm³/mol. The third kappa shape index (κ3) is 3.11. The van der Waals surface area contributed by atoms with Gasteiger partial charge >= 0.3 is 0 Å². The van der Waals surface area contributed by atoms with Crippen molar-refractivity contribution in [2.24, 2.45) is 5.73 Å². The van der Waals surface area contributed by atoms with Crippen LogP contribution in [0, 0.1) is 11.3 Å². The van der Waals surface area contributed by atoms with E-state index in [-0.39, 0.29) is 15.8 Å². The average molecular weight is 334 g/mol. The smallest absolute Gasteiger partial charge is 0.269 e. The first-order valence-electron chi connectivity index (χ1n) is 6.39. The van der Waals surface area contributed by atoms with Crippen molar-refractivity contribution in [1.29, 1.82) is 5.26 Å². The van der Waals surface area contributed by atoms with E-state index in [1.807, 2.05) is 0 Å². The van der Waals surface area contributed by atoms with Gasteiger partial charge in [-0.05, 0) is 30.7 Å². The van der Waals surface area contributed by atoms with Crippen LogP contribution in [0.1, 0.15) is 12.5 Å². The van der Waals surface area contributed by atoms with Gasteiger partial charge in [0.2, 0.25) is 0 Å². The molecule has 5 nitrogen and oxygen atoms in total. The van der Waals surface area contributed by atoms with E-state index in [4.69, 9.17) is 22.6 Å². The van der Waals surface area contributed by atoms with Gasteiger partial charge in [-0.1, -0.05) is 23.7 Å². The van der Waals surface area contributed by atoms with Crippen LogP contribution in [0.5, 0.6) is 0 Å². The van der Waals surface area contributed by atoms with Crippen molar-refractivity contribution < 1.29 is 4.79 Å². The van der Waals surface area contributed by atoms with Gasteiger partial charge in [0.25, 0.3) is 11.5 Å². The molecule has 2 rings (SSSR count). The summed E-state index contributed by atoms with van der Waals surface area (Å²) in [4.78, 5) is 23.7. The molecule has 0 spiro atoms. The lowest BCUT2D eigenvalue weighted by molar-refractivity contribution is -0.112. The number of carbonyl (C=O) groups excluding carboxylic acids is 1. The summed E-state index contributed by atoms with van der Waals surface area (Å²) in [6, 6.07) is 8.76. The van der Waals surface area contributed by atoms with E-state index in [0.29, 0.717) is 16.1 Å². The number of benzene rings is 1. The van der Waals surface area contributed by atoms with Gasteiger partial charge < -0.3 is 5.73 Å². The number of hydrogen-bond acceptors (Lipinski definition) is 4. The van der Waals surface area contributed by atoms with Crippen LogP contribution in [0.25, 0.3) is 11.6 Å². The molecule has 1 heterocycles. The molecule has 1 amide bonds. The lowest BCUT2D eigenvalue weighted by atomic mass is 10.2. The summed E-state index contributed by atoms with van der Waals surface area (Å²) < 4.78 is 2.08. The van der Waals surface area contributed by atoms with E-state index < -0.39 is 5.91 Å². The number of aromatic nitrogens is 1. The summed E-state index contributed by atoms with van der Waals surface area (Å²) >= 11 is 6.90. The molecule has 0 fully saturated rings. The van der Waals surface area contributed by atoms with Gasteiger partial charge in [-0.2, -0.15) is 5.26 Å². The molecule has 2 aromatic rings. The Labute approximate surface area is 135 Å². The number of rotatable bonds is 3. The van der Waals surface area contributed by atoms with Gasteiger partial charge in [-0.15, -0.1) is 11.3 Å². The highest BCUT2D eigenvalue weighted by Crippen LogP contribution is 2.09. The van der Waals surface area contributed by atoms with Crippen molar-refractivity contribution >= 4 is 40.5 Å². The maximum atomic E-state index is 12.4. The number of carbonyl (C=O) groups is 1. The van der Waals surface area contributed by atoms with Crippen LogP contribution in [0.4, 0.5) is 0 Å². The van der Waals surface area contributed by atoms with Crippen molar-refractivity contribution in [3.8, 4) is 6.07 Å². The highest BCUT2D eigenvalue weighted by Gasteiger charge is 2.12. The Kier molecular flexibility index (Phi) is 4.81. The van der Waals surface area contributed by atoms with E-state index >= 15 is 0 Å². The minimum atomic E-state index is -0.844.